The number of halogens is 1. The van der Waals surface area contributed by atoms with Crippen LogP contribution in [-0.2, 0) is 4.79 Å². The summed E-state index contributed by atoms with van der Waals surface area (Å²) in [7, 11) is 2.99. The maximum atomic E-state index is 13.9. The molecule has 0 aliphatic carbocycles. The highest BCUT2D eigenvalue weighted by Gasteiger charge is 2.46. The van der Waals surface area contributed by atoms with Crippen molar-refractivity contribution >= 4 is 39.9 Å². The van der Waals surface area contributed by atoms with Crippen LogP contribution in [0.1, 0.15) is 22.2 Å². The number of benzene rings is 3. The minimum absolute atomic E-state index is 0.0466. The van der Waals surface area contributed by atoms with Crippen molar-refractivity contribution in [3.05, 3.63) is 88.3 Å². The molecular formula is C28H20ClNO8. The Bertz CT molecular complexity index is 1660. The summed E-state index contributed by atoms with van der Waals surface area (Å²) in [5.74, 6) is -0.324. The summed E-state index contributed by atoms with van der Waals surface area (Å²) in [4.78, 5) is 28.7. The number of anilines is 1. The Morgan fingerprint density at radius 3 is 2.55 bits per heavy atom. The number of aliphatic hydroxyl groups excluding tert-OH is 1. The Labute approximate surface area is 221 Å². The number of fused-ring (bicyclic) bond motifs is 2. The molecule has 0 saturated carbocycles. The van der Waals surface area contributed by atoms with Gasteiger partial charge >= 0.3 is 0 Å². The average Bonchev–Trinajstić information content (AvgIpc) is 3.63. The minimum atomic E-state index is -1.02. The van der Waals surface area contributed by atoms with Gasteiger partial charge in [-0.3, -0.25) is 14.5 Å². The Hall–Kier alpha value is -4.63. The maximum absolute atomic E-state index is 13.9. The number of methoxy groups -OCH3 is 2. The fraction of sp³-hybridized carbons (Fsp3) is 0.143. The Morgan fingerprint density at radius 2 is 1.76 bits per heavy atom. The largest absolute Gasteiger partial charge is 0.503 e. The Kier molecular flexibility index (Phi) is 5.65. The molecule has 3 aromatic carbocycles. The molecular weight excluding hydrogens is 514 g/mol. The van der Waals surface area contributed by atoms with Gasteiger partial charge in [-0.05, 0) is 54.1 Å². The smallest absolute Gasteiger partial charge is 0.294 e. The van der Waals surface area contributed by atoms with Crippen LogP contribution in [0.25, 0.3) is 11.0 Å². The highest BCUT2D eigenvalue weighted by Crippen LogP contribution is 2.46. The minimum Gasteiger partial charge on any atom is -0.503 e. The lowest BCUT2D eigenvalue weighted by molar-refractivity contribution is -0.117. The Morgan fingerprint density at radius 1 is 0.974 bits per heavy atom. The lowest BCUT2D eigenvalue weighted by Gasteiger charge is -2.27. The van der Waals surface area contributed by atoms with E-state index in [0.29, 0.717) is 50.2 Å². The van der Waals surface area contributed by atoms with Crippen LogP contribution in [0.4, 0.5) is 5.69 Å². The first kappa shape index (κ1) is 23.7. The molecule has 9 nitrogen and oxygen atoms in total. The third-order valence-electron chi connectivity index (χ3n) is 6.51. The monoisotopic (exact) mass is 533 g/mol. The van der Waals surface area contributed by atoms with E-state index >= 15 is 0 Å². The first-order valence-corrected chi connectivity index (χ1v) is 11.9. The normalized spacial score (nSPS) is 16.4. The molecule has 0 bridgehead atoms. The van der Waals surface area contributed by atoms with E-state index in [0.717, 1.165) is 0 Å². The molecule has 192 valence electrons. The van der Waals surface area contributed by atoms with Gasteiger partial charge in [0.15, 0.2) is 34.5 Å². The van der Waals surface area contributed by atoms with Gasteiger partial charge in [-0.25, -0.2) is 0 Å². The number of nitrogens with zero attached hydrogens (tertiary/aromatic N) is 1. The highest BCUT2D eigenvalue weighted by molar-refractivity contribution is 6.31. The van der Waals surface area contributed by atoms with Crippen molar-refractivity contribution in [2.75, 3.05) is 25.9 Å². The van der Waals surface area contributed by atoms with Crippen LogP contribution in [0.2, 0.25) is 5.02 Å². The standard InChI is InChI=1S/C28H20ClNO8/c1-34-19-6-3-14(10-21(19)35-2)25-24(26(31)23-11-15-9-16(29)4-7-18(15)38-23)27(32)28(33)30(25)17-5-8-20-22(12-17)37-13-36-20/h3-12,25,32H,13H2,1-2H3. The fourth-order valence-electron chi connectivity index (χ4n) is 4.74. The number of aliphatic hydroxyl groups is 1. The second-order valence-corrected chi connectivity index (χ2v) is 9.05. The zero-order valence-corrected chi connectivity index (χ0v) is 20.9. The molecule has 0 fully saturated rings. The van der Waals surface area contributed by atoms with Crippen molar-refractivity contribution in [3.8, 4) is 23.0 Å². The molecule has 2 aliphatic heterocycles. The van der Waals surface area contributed by atoms with Gasteiger partial charge in [0.1, 0.15) is 5.58 Å². The van der Waals surface area contributed by atoms with Crippen LogP contribution >= 0.6 is 11.6 Å². The molecule has 2 aliphatic rings. The molecule has 1 N–H and O–H groups in total. The van der Waals surface area contributed by atoms with Gasteiger partial charge < -0.3 is 28.5 Å². The van der Waals surface area contributed by atoms with Gasteiger partial charge in [-0.1, -0.05) is 17.7 Å². The van der Waals surface area contributed by atoms with Gasteiger partial charge in [-0.2, -0.15) is 0 Å². The zero-order valence-electron chi connectivity index (χ0n) is 20.2. The third kappa shape index (κ3) is 3.71. The second kappa shape index (κ2) is 9.04. The zero-order chi connectivity index (χ0) is 26.6. The molecule has 1 amide bonds. The topological polar surface area (TPSA) is 108 Å². The number of ketones is 1. The molecule has 10 heteroatoms. The number of amides is 1. The summed E-state index contributed by atoms with van der Waals surface area (Å²) in [6.07, 6.45) is 0. The van der Waals surface area contributed by atoms with Crippen molar-refractivity contribution in [1.29, 1.82) is 0 Å². The molecule has 3 heterocycles. The first-order chi connectivity index (χ1) is 18.4. The number of hydrogen-bond donors (Lipinski definition) is 1. The van der Waals surface area contributed by atoms with E-state index < -0.39 is 23.5 Å². The third-order valence-corrected chi connectivity index (χ3v) is 6.75. The number of Topliss-reactive ketones (excluding diaryl/α,β-unsaturated/α-hetero) is 1. The van der Waals surface area contributed by atoms with Gasteiger partial charge in [0.25, 0.3) is 5.91 Å². The van der Waals surface area contributed by atoms with Gasteiger partial charge in [0.2, 0.25) is 12.6 Å². The van der Waals surface area contributed by atoms with E-state index in [1.807, 2.05) is 0 Å². The van der Waals surface area contributed by atoms with Crippen molar-refractivity contribution < 1.29 is 38.1 Å². The predicted molar refractivity (Wildman–Crippen MR) is 138 cm³/mol. The van der Waals surface area contributed by atoms with Gasteiger partial charge in [0, 0.05) is 22.2 Å². The van der Waals surface area contributed by atoms with Crippen LogP contribution in [0.15, 0.2) is 76.4 Å². The number of rotatable bonds is 6. The molecule has 6 rings (SSSR count). The van der Waals surface area contributed by atoms with Crippen molar-refractivity contribution in [2.24, 2.45) is 0 Å². The van der Waals surface area contributed by atoms with E-state index in [-0.39, 0.29) is 18.1 Å². The lowest BCUT2D eigenvalue weighted by atomic mass is 9.94. The number of carbonyl (C=O) groups is 2. The van der Waals surface area contributed by atoms with E-state index in [2.05, 4.69) is 0 Å². The SMILES string of the molecule is COc1ccc(C2C(C(=O)c3cc4cc(Cl)ccc4o3)=C(O)C(=O)N2c2ccc3c(c2)OCO3)cc1OC. The van der Waals surface area contributed by atoms with E-state index in [1.165, 1.54) is 25.2 Å². The summed E-state index contributed by atoms with van der Waals surface area (Å²) in [5, 5.41) is 12.2. The molecule has 1 unspecified atom stereocenters. The molecule has 38 heavy (non-hydrogen) atoms. The van der Waals surface area contributed by atoms with Crippen LogP contribution in [-0.4, -0.2) is 37.8 Å². The molecule has 0 spiro atoms. The summed E-state index contributed by atoms with van der Waals surface area (Å²) >= 11 is 6.09. The maximum Gasteiger partial charge on any atom is 0.294 e. The quantitative estimate of drug-likeness (QED) is 0.318. The van der Waals surface area contributed by atoms with Crippen LogP contribution in [0, 0.1) is 0 Å². The Balaban J connectivity index is 1.51. The van der Waals surface area contributed by atoms with Crippen LogP contribution < -0.4 is 23.8 Å². The first-order valence-electron chi connectivity index (χ1n) is 11.5. The molecule has 1 atom stereocenters. The predicted octanol–water partition coefficient (Wildman–Crippen LogP) is 5.62. The van der Waals surface area contributed by atoms with Crippen LogP contribution in [0.5, 0.6) is 23.0 Å². The summed E-state index contributed by atoms with van der Waals surface area (Å²) in [6.45, 7) is 0.0507. The highest BCUT2D eigenvalue weighted by atomic mass is 35.5. The summed E-state index contributed by atoms with van der Waals surface area (Å²) < 4.78 is 27.5. The van der Waals surface area contributed by atoms with Crippen molar-refractivity contribution in [1.82, 2.24) is 0 Å². The van der Waals surface area contributed by atoms with Gasteiger partial charge in [0.05, 0.1) is 25.8 Å². The summed E-state index contributed by atoms with van der Waals surface area (Å²) in [6, 6.07) is 15.4. The molecule has 1 aromatic heterocycles. The summed E-state index contributed by atoms with van der Waals surface area (Å²) in [5.41, 5.74) is 1.19. The molecule has 0 saturated heterocycles. The lowest BCUT2D eigenvalue weighted by Crippen LogP contribution is -2.31. The number of furan rings is 1. The fourth-order valence-corrected chi connectivity index (χ4v) is 4.92. The average molecular weight is 534 g/mol. The van der Waals surface area contributed by atoms with Crippen molar-refractivity contribution in [3.63, 3.8) is 0 Å². The number of carbonyl (C=O) groups excluding carboxylic acids is 2. The molecule has 0 radical (unpaired) electrons. The van der Waals surface area contributed by atoms with Gasteiger partial charge in [-0.15, -0.1) is 0 Å². The van der Waals surface area contributed by atoms with E-state index in [9.17, 15) is 14.7 Å². The van der Waals surface area contributed by atoms with Crippen molar-refractivity contribution in [2.45, 2.75) is 6.04 Å². The second-order valence-electron chi connectivity index (χ2n) is 8.61. The van der Waals surface area contributed by atoms with Crippen LogP contribution in [0.3, 0.4) is 0 Å². The van der Waals surface area contributed by atoms with E-state index in [4.69, 9.17) is 35.0 Å². The molecule has 4 aromatic rings. The van der Waals surface area contributed by atoms with E-state index in [1.54, 1.807) is 54.6 Å². The number of ether oxygens (including phenoxy) is 4. The number of hydrogen-bond acceptors (Lipinski definition) is 8.